The van der Waals surface area contributed by atoms with Crippen LogP contribution in [-0.4, -0.2) is 16.2 Å². The minimum absolute atomic E-state index is 0.0503. The van der Waals surface area contributed by atoms with Gasteiger partial charge in [0.25, 0.3) is 0 Å². The summed E-state index contributed by atoms with van der Waals surface area (Å²) < 4.78 is 5.87. The normalized spacial score (nSPS) is 23.1. The molecule has 2 N–H and O–H groups in total. The summed E-state index contributed by atoms with van der Waals surface area (Å²) in [6, 6.07) is 7.35. The molecule has 0 bridgehead atoms. The van der Waals surface area contributed by atoms with Gasteiger partial charge in [0, 0.05) is 16.0 Å². The van der Waals surface area contributed by atoms with E-state index in [4.69, 9.17) is 9.84 Å². The molecule has 1 aliphatic carbocycles. The van der Waals surface area contributed by atoms with Crippen LogP contribution < -0.4 is 4.74 Å². The second-order valence-corrected chi connectivity index (χ2v) is 6.92. The minimum Gasteiger partial charge on any atom is -0.488 e. The van der Waals surface area contributed by atoms with E-state index in [2.05, 4.69) is 0 Å². The lowest BCUT2D eigenvalue weighted by atomic mass is 9.84. The first kappa shape index (κ1) is 13.8. The van der Waals surface area contributed by atoms with Gasteiger partial charge in [-0.15, -0.1) is 11.3 Å². The van der Waals surface area contributed by atoms with Gasteiger partial charge in [-0.2, -0.15) is 0 Å². The molecule has 1 aromatic carbocycles. The summed E-state index contributed by atoms with van der Waals surface area (Å²) >= 11 is 1.55. The Labute approximate surface area is 132 Å². The molecule has 4 nitrogen and oxygen atoms in total. The summed E-state index contributed by atoms with van der Waals surface area (Å²) in [5.74, 6) is -0.0290. The first-order chi connectivity index (χ1) is 10.6. The Morgan fingerprint density at radius 2 is 2.18 bits per heavy atom. The molecule has 0 saturated heterocycles. The molecule has 114 valence electrons. The van der Waals surface area contributed by atoms with Crippen LogP contribution in [0.4, 0.5) is 0 Å². The Morgan fingerprint density at radius 1 is 1.36 bits per heavy atom. The number of carboxylic acids is 1. The van der Waals surface area contributed by atoms with Crippen molar-refractivity contribution < 1.29 is 19.7 Å². The monoisotopic (exact) mass is 316 g/mol. The highest BCUT2D eigenvalue weighted by molar-refractivity contribution is 7.10. The Morgan fingerprint density at radius 3 is 2.91 bits per heavy atom. The van der Waals surface area contributed by atoms with Crippen molar-refractivity contribution in [2.75, 3.05) is 0 Å². The van der Waals surface area contributed by atoms with Crippen molar-refractivity contribution in [3.05, 3.63) is 51.2 Å². The number of rotatable bonds is 3. The molecule has 4 rings (SSSR count). The molecule has 1 atom stereocenters. The van der Waals surface area contributed by atoms with E-state index >= 15 is 0 Å². The van der Waals surface area contributed by atoms with Crippen molar-refractivity contribution in [2.24, 2.45) is 5.92 Å². The van der Waals surface area contributed by atoms with E-state index in [9.17, 15) is 9.90 Å². The Balaban J connectivity index is 1.90. The molecule has 2 aliphatic rings. The number of fused-ring (bicyclic) bond motifs is 2. The van der Waals surface area contributed by atoms with Crippen LogP contribution in [-0.2, 0) is 23.4 Å². The molecule has 1 aliphatic heterocycles. The molecule has 1 fully saturated rings. The molecule has 1 aromatic heterocycles. The van der Waals surface area contributed by atoms with Crippen LogP contribution in [0, 0.1) is 5.92 Å². The molecule has 5 heteroatoms. The SMILES string of the molecule is O=C(O)Cc1ccc2c(c1)C(O)(C1CC1)c1sccc1CO2. The summed E-state index contributed by atoms with van der Waals surface area (Å²) in [7, 11) is 0. The minimum atomic E-state index is -1.05. The van der Waals surface area contributed by atoms with Crippen molar-refractivity contribution in [3.63, 3.8) is 0 Å². The van der Waals surface area contributed by atoms with Crippen LogP contribution in [0.2, 0.25) is 0 Å². The van der Waals surface area contributed by atoms with Gasteiger partial charge in [-0.25, -0.2) is 0 Å². The Bertz CT molecular complexity index is 747. The van der Waals surface area contributed by atoms with Crippen LogP contribution in [0.5, 0.6) is 5.75 Å². The predicted octanol–water partition coefficient (Wildman–Crippen LogP) is 2.91. The van der Waals surface area contributed by atoms with Crippen molar-refractivity contribution in [2.45, 2.75) is 31.5 Å². The highest BCUT2D eigenvalue weighted by Gasteiger charge is 2.50. The molecule has 2 heterocycles. The fraction of sp³-hybridized carbons (Fsp3) is 0.353. The summed E-state index contributed by atoms with van der Waals surface area (Å²) in [5.41, 5.74) is 1.38. The average Bonchev–Trinajstić information content (AvgIpc) is 3.24. The van der Waals surface area contributed by atoms with Gasteiger partial charge in [-0.1, -0.05) is 6.07 Å². The van der Waals surface area contributed by atoms with Gasteiger partial charge in [0.05, 0.1) is 6.42 Å². The zero-order chi connectivity index (χ0) is 15.3. The van der Waals surface area contributed by atoms with Crippen molar-refractivity contribution in [1.82, 2.24) is 0 Å². The van der Waals surface area contributed by atoms with E-state index in [-0.39, 0.29) is 12.3 Å². The number of ether oxygens (including phenoxy) is 1. The standard InChI is InChI=1S/C17H16O4S/c18-15(19)8-10-1-4-14-13(7-10)17(20,12-2-3-12)16-11(9-21-14)5-6-22-16/h1,4-7,12,20H,2-3,8-9H2,(H,18,19). The lowest BCUT2D eigenvalue weighted by Gasteiger charge is -2.28. The number of hydrogen-bond acceptors (Lipinski definition) is 4. The first-order valence-electron chi connectivity index (χ1n) is 7.36. The number of hydrogen-bond donors (Lipinski definition) is 2. The Kier molecular flexibility index (Phi) is 3.03. The van der Waals surface area contributed by atoms with Gasteiger partial charge < -0.3 is 14.9 Å². The van der Waals surface area contributed by atoms with Gasteiger partial charge in [-0.3, -0.25) is 4.79 Å². The summed E-state index contributed by atoms with van der Waals surface area (Å²) in [6.07, 6.45) is 1.91. The first-order valence-corrected chi connectivity index (χ1v) is 8.24. The number of carboxylic acid groups (broad SMARTS) is 1. The number of carbonyl (C=O) groups is 1. The predicted molar refractivity (Wildman–Crippen MR) is 82.2 cm³/mol. The van der Waals surface area contributed by atoms with E-state index < -0.39 is 11.6 Å². The largest absolute Gasteiger partial charge is 0.488 e. The molecule has 0 spiro atoms. The average molecular weight is 316 g/mol. The van der Waals surface area contributed by atoms with Gasteiger partial charge >= 0.3 is 5.97 Å². The fourth-order valence-corrected chi connectivity index (χ4v) is 4.36. The topological polar surface area (TPSA) is 66.8 Å². The second-order valence-electron chi connectivity index (χ2n) is 6.01. The number of benzene rings is 1. The Hall–Kier alpha value is -1.85. The third kappa shape index (κ3) is 2.04. The van der Waals surface area contributed by atoms with Crippen LogP contribution in [0.25, 0.3) is 0 Å². The van der Waals surface area contributed by atoms with E-state index in [0.717, 1.165) is 28.8 Å². The second kappa shape index (κ2) is 4.83. The van der Waals surface area contributed by atoms with Crippen molar-refractivity contribution in [1.29, 1.82) is 0 Å². The van der Waals surface area contributed by atoms with E-state index in [0.29, 0.717) is 17.9 Å². The summed E-state index contributed by atoms with van der Waals surface area (Å²) in [6.45, 7) is 0.444. The third-order valence-corrected chi connectivity index (χ3v) is 5.54. The molecule has 0 radical (unpaired) electrons. The van der Waals surface area contributed by atoms with E-state index in [1.165, 1.54) is 0 Å². The van der Waals surface area contributed by atoms with E-state index in [1.54, 1.807) is 29.5 Å². The van der Waals surface area contributed by atoms with Crippen molar-refractivity contribution >= 4 is 17.3 Å². The van der Waals surface area contributed by atoms with Crippen LogP contribution in [0.1, 0.15) is 34.4 Å². The molecular formula is C17H16O4S. The number of aliphatic carboxylic acids is 1. The summed E-state index contributed by atoms with van der Waals surface area (Å²) in [5, 5.41) is 22.5. The smallest absolute Gasteiger partial charge is 0.307 e. The van der Waals surface area contributed by atoms with Gasteiger partial charge in [0.15, 0.2) is 0 Å². The lowest BCUT2D eigenvalue weighted by molar-refractivity contribution is -0.136. The maximum Gasteiger partial charge on any atom is 0.307 e. The van der Waals surface area contributed by atoms with Crippen molar-refractivity contribution in [3.8, 4) is 5.75 Å². The molecule has 2 aromatic rings. The zero-order valence-electron chi connectivity index (χ0n) is 11.9. The van der Waals surface area contributed by atoms with Gasteiger partial charge in [0.1, 0.15) is 18.0 Å². The van der Waals surface area contributed by atoms with E-state index in [1.807, 2.05) is 11.4 Å². The molecule has 22 heavy (non-hydrogen) atoms. The third-order valence-electron chi connectivity index (χ3n) is 4.45. The van der Waals surface area contributed by atoms with Gasteiger partial charge in [-0.05, 0) is 47.9 Å². The number of aliphatic hydroxyl groups is 1. The zero-order valence-corrected chi connectivity index (χ0v) is 12.7. The van der Waals surface area contributed by atoms with Crippen LogP contribution in [0.3, 0.4) is 0 Å². The highest BCUT2D eigenvalue weighted by Crippen LogP contribution is 2.55. The number of thiophene rings is 1. The van der Waals surface area contributed by atoms with Crippen LogP contribution >= 0.6 is 11.3 Å². The molecule has 1 unspecified atom stereocenters. The molecular weight excluding hydrogens is 300 g/mol. The summed E-state index contributed by atoms with van der Waals surface area (Å²) in [4.78, 5) is 11.9. The molecule has 0 amide bonds. The quantitative estimate of drug-likeness (QED) is 0.914. The molecule has 1 saturated carbocycles. The highest BCUT2D eigenvalue weighted by atomic mass is 32.1. The maximum atomic E-state index is 11.5. The van der Waals surface area contributed by atoms with Crippen LogP contribution in [0.15, 0.2) is 29.6 Å². The fourth-order valence-electron chi connectivity index (χ4n) is 3.25. The maximum absolute atomic E-state index is 11.5. The van der Waals surface area contributed by atoms with Gasteiger partial charge in [0.2, 0.25) is 0 Å². The lowest BCUT2D eigenvalue weighted by Crippen LogP contribution is -2.29.